The molecule has 0 aliphatic carbocycles. The fourth-order valence-electron chi connectivity index (χ4n) is 3.00. The molecule has 21 heavy (non-hydrogen) atoms. The number of rotatable bonds is 3. The van der Waals surface area contributed by atoms with Gasteiger partial charge in [0, 0.05) is 30.4 Å². The summed E-state index contributed by atoms with van der Waals surface area (Å²) in [6, 6.07) is 16.8. The number of para-hydroxylation sites is 2. The Hall–Kier alpha value is -2.55. The largest absolute Gasteiger partial charge is 0.384 e. The Bertz CT molecular complexity index is 790. The SMILES string of the molecule is c1cc2c(c(CNc3cccc4cccnc34)c1)NCC2. The minimum absolute atomic E-state index is 0.811. The minimum Gasteiger partial charge on any atom is -0.384 e. The number of aromatic nitrogens is 1. The Kier molecular flexibility index (Phi) is 2.96. The molecule has 0 amide bonds. The molecule has 104 valence electrons. The van der Waals surface area contributed by atoms with Crippen LogP contribution in [-0.4, -0.2) is 11.5 Å². The van der Waals surface area contributed by atoms with Crippen molar-refractivity contribution >= 4 is 22.3 Å². The number of benzene rings is 2. The maximum atomic E-state index is 4.49. The lowest BCUT2D eigenvalue weighted by Gasteiger charge is -2.12. The molecule has 0 radical (unpaired) electrons. The van der Waals surface area contributed by atoms with Crippen LogP contribution < -0.4 is 10.6 Å². The summed E-state index contributed by atoms with van der Waals surface area (Å²) in [6.07, 6.45) is 2.97. The number of fused-ring (bicyclic) bond motifs is 2. The highest BCUT2D eigenvalue weighted by Gasteiger charge is 2.13. The van der Waals surface area contributed by atoms with Gasteiger partial charge in [0.15, 0.2) is 0 Å². The van der Waals surface area contributed by atoms with Gasteiger partial charge in [0.1, 0.15) is 0 Å². The van der Waals surface area contributed by atoms with Crippen molar-refractivity contribution in [3.05, 3.63) is 65.9 Å². The average Bonchev–Trinajstić information content (AvgIpc) is 3.02. The number of hydrogen-bond acceptors (Lipinski definition) is 3. The first-order valence-electron chi connectivity index (χ1n) is 7.34. The van der Waals surface area contributed by atoms with Gasteiger partial charge in [-0.15, -0.1) is 0 Å². The quantitative estimate of drug-likeness (QED) is 0.763. The van der Waals surface area contributed by atoms with Gasteiger partial charge in [0.05, 0.1) is 11.2 Å². The molecule has 0 bridgehead atoms. The van der Waals surface area contributed by atoms with E-state index in [0.29, 0.717) is 0 Å². The van der Waals surface area contributed by atoms with E-state index in [-0.39, 0.29) is 0 Å². The van der Waals surface area contributed by atoms with E-state index < -0.39 is 0 Å². The van der Waals surface area contributed by atoms with Crippen molar-refractivity contribution in [2.45, 2.75) is 13.0 Å². The molecular weight excluding hydrogens is 258 g/mol. The Balaban J connectivity index is 1.63. The molecule has 3 heteroatoms. The molecule has 0 saturated carbocycles. The normalized spacial score (nSPS) is 13.0. The van der Waals surface area contributed by atoms with Gasteiger partial charge >= 0.3 is 0 Å². The smallest absolute Gasteiger partial charge is 0.0933 e. The van der Waals surface area contributed by atoms with Crippen LogP contribution in [0.2, 0.25) is 0 Å². The first-order valence-corrected chi connectivity index (χ1v) is 7.34. The van der Waals surface area contributed by atoms with Crippen molar-refractivity contribution in [1.29, 1.82) is 0 Å². The van der Waals surface area contributed by atoms with Gasteiger partial charge < -0.3 is 10.6 Å². The molecule has 0 fully saturated rings. The Morgan fingerprint density at radius 3 is 2.95 bits per heavy atom. The van der Waals surface area contributed by atoms with Crippen LogP contribution in [0.15, 0.2) is 54.7 Å². The highest BCUT2D eigenvalue weighted by atomic mass is 14.9. The third-order valence-electron chi connectivity index (χ3n) is 4.04. The van der Waals surface area contributed by atoms with Crippen LogP contribution in [0.4, 0.5) is 11.4 Å². The molecular formula is C18H17N3. The lowest BCUT2D eigenvalue weighted by Crippen LogP contribution is -2.03. The second-order valence-electron chi connectivity index (χ2n) is 5.36. The second kappa shape index (κ2) is 5.09. The first-order chi connectivity index (χ1) is 10.4. The number of hydrogen-bond donors (Lipinski definition) is 2. The monoisotopic (exact) mass is 275 g/mol. The molecule has 0 atom stereocenters. The lowest BCUT2D eigenvalue weighted by atomic mass is 10.1. The predicted molar refractivity (Wildman–Crippen MR) is 87.7 cm³/mol. The summed E-state index contributed by atoms with van der Waals surface area (Å²) in [5, 5.41) is 8.18. The van der Waals surface area contributed by atoms with Gasteiger partial charge in [0.25, 0.3) is 0 Å². The van der Waals surface area contributed by atoms with Crippen LogP contribution in [-0.2, 0) is 13.0 Å². The van der Waals surface area contributed by atoms with Crippen molar-refractivity contribution in [2.75, 3.05) is 17.2 Å². The first kappa shape index (κ1) is 12.2. The molecule has 2 N–H and O–H groups in total. The number of anilines is 2. The highest BCUT2D eigenvalue weighted by Crippen LogP contribution is 2.28. The van der Waals surface area contributed by atoms with Gasteiger partial charge in [-0.05, 0) is 29.7 Å². The van der Waals surface area contributed by atoms with Gasteiger partial charge in [-0.1, -0.05) is 36.4 Å². The predicted octanol–water partition coefficient (Wildman–Crippen LogP) is 3.81. The maximum Gasteiger partial charge on any atom is 0.0933 e. The van der Waals surface area contributed by atoms with Crippen LogP contribution in [0, 0.1) is 0 Å². The zero-order valence-corrected chi connectivity index (χ0v) is 11.8. The van der Waals surface area contributed by atoms with E-state index in [4.69, 9.17) is 0 Å². The van der Waals surface area contributed by atoms with Gasteiger partial charge in [-0.3, -0.25) is 4.98 Å². The third kappa shape index (κ3) is 2.21. The van der Waals surface area contributed by atoms with E-state index in [2.05, 4.69) is 58.1 Å². The van der Waals surface area contributed by atoms with E-state index in [1.807, 2.05) is 12.3 Å². The van der Waals surface area contributed by atoms with Crippen LogP contribution in [0.3, 0.4) is 0 Å². The lowest BCUT2D eigenvalue weighted by molar-refractivity contribution is 1.11. The molecule has 4 rings (SSSR count). The Labute approximate surface area is 124 Å². The van der Waals surface area contributed by atoms with Crippen molar-refractivity contribution in [3.8, 4) is 0 Å². The van der Waals surface area contributed by atoms with E-state index in [9.17, 15) is 0 Å². The molecule has 3 aromatic rings. The summed E-state index contributed by atoms with van der Waals surface area (Å²) in [5.74, 6) is 0. The van der Waals surface area contributed by atoms with Crippen LogP contribution in [0.1, 0.15) is 11.1 Å². The summed E-state index contributed by atoms with van der Waals surface area (Å²) in [5.41, 5.74) is 6.16. The van der Waals surface area contributed by atoms with Crippen molar-refractivity contribution in [2.24, 2.45) is 0 Å². The van der Waals surface area contributed by atoms with Crippen LogP contribution in [0.5, 0.6) is 0 Å². The van der Waals surface area contributed by atoms with E-state index in [1.54, 1.807) is 0 Å². The fraction of sp³-hybridized carbons (Fsp3) is 0.167. The number of nitrogens with one attached hydrogen (secondary N) is 2. The number of nitrogens with zero attached hydrogens (tertiary/aromatic N) is 1. The zero-order chi connectivity index (χ0) is 14.1. The van der Waals surface area contributed by atoms with Gasteiger partial charge in [0.2, 0.25) is 0 Å². The van der Waals surface area contributed by atoms with Gasteiger partial charge in [-0.2, -0.15) is 0 Å². The minimum atomic E-state index is 0.811. The van der Waals surface area contributed by atoms with Crippen molar-refractivity contribution < 1.29 is 0 Å². The molecule has 1 aliphatic rings. The number of pyridine rings is 1. The molecule has 2 aromatic carbocycles. The van der Waals surface area contributed by atoms with E-state index >= 15 is 0 Å². The van der Waals surface area contributed by atoms with Crippen molar-refractivity contribution in [1.82, 2.24) is 4.98 Å². The summed E-state index contributed by atoms with van der Waals surface area (Å²) >= 11 is 0. The summed E-state index contributed by atoms with van der Waals surface area (Å²) < 4.78 is 0. The maximum absolute atomic E-state index is 4.49. The molecule has 1 aromatic heterocycles. The topological polar surface area (TPSA) is 37.0 Å². The van der Waals surface area contributed by atoms with E-state index in [1.165, 1.54) is 22.2 Å². The molecule has 3 nitrogen and oxygen atoms in total. The molecule has 0 spiro atoms. The molecule has 0 unspecified atom stereocenters. The van der Waals surface area contributed by atoms with Crippen LogP contribution in [0.25, 0.3) is 10.9 Å². The summed E-state index contributed by atoms with van der Waals surface area (Å²) in [7, 11) is 0. The zero-order valence-electron chi connectivity index (χ0n) is 11.8. The fourth-order valence-corrected chi connectivity index (χ4v) is 3.00. The molecule has 0 saturated heterocycles. The van der Waals surface area contributed by atoms with Crippen molar-refractivity contribution in [3.63, 3.8) is 0 Å². The standard InChI is InChI=1S/C18H17N3/c1-4-14-9-11-20-17(14)15(6-1)12-21-16-8-2-5-13-7-3-10-19-18(13)16/h1-8,10,20-21H,9,11-12H2. The Morgan fingerprint density at radius 2 is 1.95 bits per heavy atom. The third-order valence-corrected chi connectivity index (χ3v) is 4.04. The second-order valence-corrected chi connectivity index (χ2v) is 5.36. The molecule has 1 aliphatic heterocycles. The summed E-state index contributed by atoms with van der Waals surface area (Å²) in [6.45, 7) is 1.86. The van der Waals surface area contributed by atoms with Gasteiger partial charge in [-0.25, -0.2) is 0 Å². The van der Waals surface area contributed by atoms with Crippen LogP contribution >= 0.6 is 0 Å². The van der Waals surface area contributed by atoms with E-state index in [0.717, 1.165) is 30.7 Å². The summed E-state index contributed by atoms with van der Waals surface area (Å²) in [4.78, 5) is 4.49. The average molecular weight is 275 g/mol. The molecule has 2 heterocycles. The highest BCUT2D eigenvalue weighted by molar-refractivity contribution is 5.90. The Morgan fingerprint density at radius 1 is 1.05 bits per heavy atom.